The first kappa shape index (κ1) is 19.5. The minimum atomic E-state index is -0.813. The summed E-state index contributed by atoms with van der Waals surface area (Å²) >= 11 is 0. The summed E-state index contributed by atoms with van der Waals surface area (Å²) < 4.78 is 10.7. The van der Waals surface area contributed by atoms with E-state index in [-0.39, 0.29) is 24.9 Å². The van der Waals surface area contributed by atoms with Crippen LogP contribution < -0.4 is 15.2 Å². The summed E-state index contributed by atoms with van der Waals surface area (Å²) in [4.78, 5) is 14.0. The molecule has 0 aromatic heterocycles. The van der Waals surface area contributed by atoms with E-state index < -0.39 is 12.1 Å². The molecule has 0 saturated heterocycles. The number of hydrogen-bond acceptors (Lipinski definition) is 5. The van der Waals surface area contributed by atoms with Gasteiger partial charge in [0.15, 0.2) is 0 Å². The Morgan fingerprint density at radius 3 is 2.57 bits per heavy atom. The first-order valence-electron chi connectivity index (χ1n) is 7.49. The fraction of sp³-hybridized carbons (Fsp3) is 0.562. The van der Waals surface area contributed by atoms with Gasteiger partial charge < -0.3 is 25.2 Å². The molecule has 0 fully saturated rings. The van der Waals surface area contributed by atoms with Gasteiger partial charge >= 0.3 is 0 Å². The van der Waals surface area contributed by atoms with Gasteiger partial charge in [0.1, 0.15) is 17.6 Å². The summed E-state index contributed by atoms with van der Waals surface area (Å²) in [5, 5.41) is 10.5. The van der Waals surface area contributed by atoms with Gasteiger partial charge in [0.25, 0.3) is 0 Å². The van der Waals surface area contributed by atoms with E-state index in [0.29, 0.717) is 30.0 Å². The van der Waals surface area contributed by atoms with E-state index in [0.717, 1.165) is 12.0 Å². The minimum Gasteiger partial charge on any atom is -0.496 e. The van der Waals surface area contributed by atoms with Crippen molar-refractivity contribution in [3.63, 3.8) is 0 Å². The summed E-state index contributed by atoms with van der Waals surface area (Å²) in [7, 11) is 3.13. The van der Waals surface area contributed by atoms with Crippen molar-refractivity contribution < 1.29 is 19.4 Å². The van der Waals surface area contributed by atoms with Crippen LogP contribution in [0, 0.1) is 0 Å². The quantitative estimate of drug-likeness (QED) is 0.848. The molecule has 2 unspecified atom stereocenters. The van der Waals surface area contributed by atoms with Gasteiger partial charge in [0.05, 0.1) is 26.8 Å². The summed E-state index contributed by atoms with van der Waals surface area (Å²) in [5.41, 5.74) is 7.39. The van der Waals surface area contributed by atoms with Crippen LogP contribution in [0.5, 0.6) is 11.5 Å². The molecule has 0 saturated carbocycles. The lowest BCUT2D eigenvalue weighted by Gasteiger charge is -2.35. The van der Waals surface area contributed by atoms with E-state index in [4.69, 9.17) is 15.2 Å². The molecule has 0 radical (unpaired) electrons. The Bertz CT molecular complexity index is 553. The average Bonchev–Trinajstić information content (AvgIpc) is 2.53. The first-order valence-corrected chi connectivity index (χ1v) is 7.49. The number of carbonyl (C=O) groups is 1. The molecule has 7 heteroatoms. The zero-order valence-corrected chi connectivity index (χ0v) is 14.6. The van der Waals surface area contributed by atoms with Gasteiger partial charge in [0.2, 0.25) is 5.91 Å². The fourth-order valence-corrected chi connectivity index (χ4v) is 2.91. The number of aliphatic hydroxyl groups excluding tert-OH is 1. The molecule has 2 rings (SSSR count). The van der Waals surface area contributed by atoms with Gasteiger partial charge in [-0.25, -0.2) is 0 Å². The zero-order valence-electron chi connectivity index (χ0n) is 13.7. The molecule has 6 nitrogen and oxygen atoms in total. The van der Waals surface area contributed by atoms with Crippen LogP contribution in [-0.2, 0) is 11.3 Å². The maximum absolute atomic E-state index is 12.4. The summed E-state index contributed by atoms with van der Waals surface area (Å²) in [5.74, 6) is 1.10. The number of halogens is 1. The monoisotopic (exact) mass is 344 g/mol. The van der Waals surface area contributed by atoms with Crippen LogP contribution in [0.4, 0.5) is 0 Å². The molecular weight excluding hydrogens is 320 g/mol. The highest BCUT2D eigenvalue weighted by Crippen LogP contribution is 2.39. The summed E-state index contributed by atoms with van der Waals surface area (Å²) in [6.45, 7) is 2.57. The molecule has 1 aromatic carbocycles. The largest absolute Gasteiger partial charge is 0.496 e. The maximum atomic E-state index is 12.4. The molecule has 1 amide bonds. The van der Waals surface area contributed by atoms with Crippen molar-refractivity contribution in [2.24, 2.45) is 5.73 Å². The van der Waals surface area contributed by atoms with E-state index in [9.17, 15) is 9.90 Å². The number of nitrogens with two attached hydrogens (primary N) is 1. The third-order valence-corrected chi connectivity index (χ3v) is 4.02. The van der Waals surface area contributed by atoms with Gasteiger partial charge in [0, 0.05) is 17.7 Å². The molecule has 0 spiro atoms. The predicted molar refractivity (Wildman–Crippen MR) is 90.1 cm³/mol. The van der Waals surface area contributed by atoms with Gasteiger partial charge in [-0.05, 0) is 18.6 Å². The van der Waals surface area contributed by atoms with Crippen molar-refractivity contribution in [2.45, 2.75) is 38.5 Å². The van der Waals surface area contributed by atoms with Crippen LogP contribution in [0.15, 0.2) is 12.1 Å². The Morgan fingerprint density at radius 1 is 1.39 bits per heavy atom. The number of hydrogen-bond donors (Lipinski definition) is 2. The van der Waals surface area contributed by atoms with Crippen molar-refractivity contribution in [1.29, 1.82) is 0 Å². The van der Waals surface area contributed by atoms with Gasteiger partial charge in [-0.2, -0.15) is 0 Å². The van der Waals surface area contributed by atoms with Crippen LogP contribution >= 0.6 is 12.4 Å². The number of nitrogens with zero attached hydrogens (tertiary/aromatic N) is 1. The molecule has 1 aliphatic rings. The van der Waals surface area contributed by atoms with Crippen molar-refractivity contribution in [2.75, 3.05) is 20.8 Å². The second kappa shape index (κ2) is 8.38. The Morgan fingerprint density at radius 2 is 2.00 bits per heavy atom. The van der Waals surface area contributed by atoms with Crippen LogP contribution in [0.25, 0.3) is 0 Å². The number of aliphatic hydroxyl groups is 1. The van der Waals surface area contributed by atoms with E-state index in [2.05, 4.69) is 0 Å². The van der Waals surface area contributed by atoms with E-state index in [1.165, 1.54) is 0 Å². The molecule has 130 valence electrons. The molecular formula is C16H25ClN2O4. The lowest BCUT2D eigenvalue weighted by molar-refractivity contribution is -0.135. The van der Waals surface area contributed by atoms with E-state index in [1.54, 1.807) is 31.3 Å². The molecule has 1 aliphatic heterocycles. The highest BCUT2D eigenvalue weighted by Gasteiger charge is 2.33. The molecule has 0 bridgehead atoms. The average molecular weight is 345 g/mol. The van der Waals surface area contributed by atoms with Crippen molar-refractivity contribution >= 4 is 18.3 Å². The lowest BCUT2D eigenvalue weighted by Crippen LogP contribution is -2.47. The first-order chi connectivity index (χ1) is 10.5. The van der Waals surface area contributed by atoms with E-state index in [1.807, 2.05) is 6.92 Å². The number of methoxy groups -OCH3 is 2. The number of ether oxygens (including phenoxy) is 2. The number of amides is 1. The summed E-state index contributed by atoms with van der Waals surface area (Å²) in [6, 6.07) is 3.02. The van der Waals surface area contributed by atoms with Crippen molar-refractivity contribution in [3.8, 4) is 11.5 Å². The number of β-amino-alcohol motifs (C(OH)–C–C–N with tert-alkyl or cyclic N) is 1. The molecule has 23 heavy (non-hydrogen) atoms. The van der Waals surface area contributed by atoms with Crippen LogP contribution in [0.1, 0.15) is 37.0 Å². The molecule has 0 aliphatic carbocycles. The smallest absolute Gasteiger partial charge is 0.239 e. The maximum Gasteiger partial charge on any atom is 0.239 e. The highest BCUT2D eigenvalue weighted by molar-refractivity contribution is 5.85. The highest BCUT2D eigenvalue weighted by atomic mass is 35.5. The summed E-state index contributed by atoms with van der Waals surface area (Å²) in [6.07, 6.45) is 0.663. The number of fused-ring (bicyclic) bond motifs is 1. The number of carbonyl (C=O) groups excluding carboxylic acids is 1. The standard InChI is InChI=1S/C16H24N2O4.ClH/c1-4-5-11(17)16(20)18-8-10-13(21-2)6-7-14(22-3)15(10)12(19)9-18;/h6-7,11-12,19H,4-5,8-9,17H2,1-3H3;1H. The molecule has 1 heterocycles. The Balaban J connectivity index is 0.00000264. The Labute approximate surface area is 143 Å². The minimum absolute atomic E-state index is 0. The second-order valence-electron chi connectivity index (χ2n) is 5.49. The second-order valence-corrected chi connectivity index (χ2v) is 5.49. The van der Waals surface area contributed by atoms with Gasteiger partial charge in [-0.15, -0.1) is 12.4 Å². The molecule has 1 aromatic rings. The van der Waals surface area contributed by atoms with Crippen molar-refractivity contribution in [1.82, 2.24) is 4.90 Å². The number of benzene rings is 1. The Kier molecular flexibility index (Phi) is 7.12. The van der Waals surface area contributed by atoms with Crippen molar-refractivity contribution in [3.05, 3.63) is 23.3 Å². The van der Waals surface area contributed by atoms with Gasteiger partial charge in [-0.1, -0.05) is 13.3 Å². The normalized spacial score (nSPS) is 17.8. The predicted octanol–water partition coefficient (Wildman–Crippen LogP) is 1.63. The zero-order chi connectivity index (χ0) is 16.3. The fourth-order valence-electron chi connectivity index (χ4n) is 2.91. The van der Waals surface area contributed by atoms with Gasteiger partial charge in [-0.3, -0.25) is 4.79 Å². The van der Waals surface area contributed by atoms with Crippen LogP contribution in [0.2, 0.25) is 0 Å². The van der Waals surface area contributed by atoms with Crippen LogP contribution in [-0.4, -0.2) is 42.7 Å². The Hall–Kier alpha value is -1.50. The van der Waals surface area contributed by atoms with E-state index >= 15 is 0 Å². The third-order valence-electron chi connectivity index (χ3n) is 4.02. The molecule has 2 atom stereocenters. The van der Waals surface area contributed by atoms with Crippen LogP contribution in [0.3, 0.4) is 0 Å². The third kappa shape index (κ3) is 3.88. The lowest BCUT2D eigenvalue weighted by atomic mass is 9.94. The molecule has 3 N–H and O–H groups in total. The number of rotatable bonds is 5. The topological polar surface area (TPSA) is 85.0 Å². The SMILES string of the molecule is CCCC(N)C(=O)N1Cc2c(OC)ccc(OC)c2C(O)C1.Cl.